The number of aromatic amines is 1. The lowest BCUT2D eigenvalue weighted by Crippen LogP contribution is -2.31. The first kappa shape index (κ1) is 16.5. The van der Waals surface area contributed by atoms with Crippen LogP contribution in [0.25, 0.3) is 11.0 Å². The number of rotatable bonds is 3. The molecule has 0 radical (unpaired) electrons. The van der Waals surface area contributed by atoms with Gasteiger partial charge in [0.2, 0.25) is 0 Å². The number of carbonyl (C=O) groups is 1. The molecule has 1 aliphatic rings. The molecular formula is C18H15ClN4O3. The minimum Gasteiger partial charge on any atom is -0.340 e. The molecule has 4 rings (SSSR count). The molecule has 0 bridgehead atoms. The number of nitrogens with one attached hydrogen (secondary N) is 1. The summed E-state index contributed by atoms with van der Waals surface area (Å²) >= 11 is 5.85. The van der Waals surface area contributed by atoms with Crippen molar-refractivity contribution in [2.75, 3.05) is 6.54 Å². The second-order valence-corrected chi connectivity index (χ2v) is 6.65. The molecule has 1 aliphatic heterocycles. The second kappa shape index (κ2) is 6.42. The van der Waals surface area contributed by atoms with Crippen molar-refractivity contribution in [2.24, 2.45) is 0 Å². The van der Waals surface area contributed by atoms with E-state index in [4.69, 9.17) is 11.6 Å². The van der Waals surface area contributed by atoms with Crippen molar-refractivity contribution in [3.8, 4) is 0 Å². The van der Waals surface area contributed by atoms with Crippen molar-refractivity contribution in [1.29, 1.82) is 0 Å². The fourth-order valence-electron chi connectivity index (χ4n) is 3.42. The zero-order valence-corrected chi connectivity index (χ0v) is 14.4. The van der Waals surface area contributed by atoms with Crippen LogP contribution in [0.3, 0.4) is 0 Å². The van der Waals surface area contributed by atoms with E-state index in [9.17, 15) is 14.9 Å². The molecule has 2 aromatic carbocycles. The van der Waals surface area contributed by atoms with Gasteiger partial charge in [0.1, 0.15) is 11.4 Å². The Morgan fingerprint density at radius 1 is 1.31 bits per heavy atom. The molecule has 1 atom stereocenters. The van der Waals surface area contributed by atoms with E-state index in [1.165, 1.54) is 18.2 Å². The molecule has 1 amide bonds. The number of benzene rings is 2. The molecule has 26 heavy (non-hydrogen) atoms. The third-order valence-corrected chi connectivity index (χ3v) is 4.86. The highest BCUT2D eigenvalue weighted by molar-refractivity contribution is 6.31. The quantitative estimate of drug-likeness (QED) is 0.554. The fraction of sp³-hybridized carbons (Fsp3) is 0.222. The predicted molar refractivity (Wildman–Crippen MR) is 97.2 cm³/mol. The number of carbonyl (C=O) groups excluding carboxylic acids is 1. The van der Waals surface area contributed by atoms with Crippen molar-refractivity contribution in [3.05, 3.63) is 69.0 Å². The van der Waals surface area contributed by atoms with Crippen molar-refractivity contribution >= 4 is 34.2 Å². The number of likely N-dealkylation sites (tertiary alicyclic amines) is 1. The summed E-state index contributed by atoms with van der Waals surface area (Å²) in [7, 11) is 0. The standard InChI is InChI=1S/C18H15ClN4O3/c19-11-7-8-12(16(10-11)23(25)26)18(24)22-9-3-6-15(22)17-20-13-4-1-2-5-14(13)21-17/h1-2,4-5,7-8,10,15H,3,6,9H2,(H,20,21)/t15-/m0/s1. The first-order valence-electron chi connectivity index (χ1n) is 8.24. The normalized spacial score (nSPS) is 17.0. The highest BCUT2D eigenvalue weighted by Crippen LogP contribution is 2.34. The van der Waals surface area contributed by atoms with Crippen molar-refractivity contribution in [1.82, 2.24) is 14.9 Å². The van der Waals surface area contributed by atoms with Gasteiger partial charge < -0.3 is 9.88 Å². The average molecular weight is 371 g/mol. The molecule has 132 valence electrons. The van der Waals surface area contributed by atoms with Crippen molar-refractivity contribution in [3.63, 3.8) is 0 Å². The third kappa shape index (κ3) is 2.80. The van der Waals surface area contributed by atoms with Crippen molar-refractivity contribution in [2.45, 2.75) is 18.9 Å². The minimum atomic E-state index is -0.578. The van der Waals surface area contributed by atoms with E-state index >= 15 is 0 Å². The van der Waals surface area contributed by atoms with Gasteiger partial charge in [0.05, 0.1) is 22.0 Å². The molecule has 2 heterocycles. The van der Waals surface area contributed by atoms with E-state index in [-0.39, 0.29) is 28.2 Å². The van der Waals surface area contributed by atoms with Gasteiger partial charge in [-0.05, 0) is 37.1 Å². The summed E-state index contributed by atoms with van der Waals surface area (Å²) in [4.78, 5) is 33.3. The number of H-pyrrole nitrogens is 1. The second-order valence-electron chi connectivity index (χ2n) is 6.21. The Kier molecular flexibility index (Phi) is 4.08. The average Bonchev–Trinajstić information content (AvgIpc) is 3.27. The minimum absolute atomic E-state index is 0.0439. The molecule has 0 unspecified atom stereocenters. The SMILES string of the molecule is O=C(c1ccc(Cl)cc1[N+](=O)[O-])N1CCC[C@H]1c1nc2ccccc2[nH]1. The van der Waals surface area contributed by atoms with Crippen LogP contribution in [-0.4, -0.2) is 32.2 Å². The van der Waals surface area contributed by atoms with Crippen LogP contribution >= 0.6 is 11.6 Å². The van der Waals surface area contributed by atoms with Gasteiger partial charge in [-0.25, -0.2) is 4.98 Å². The van der Waals surface area contributed by atoms with E-state index < -0.39 is 4.92 Å². The number of nitro benzene ring substituents is 1. The van der Waals surface area contributed by atoms with Gasteiger partial charge in [-0.1, -0.05) is 23.7 Å². The molecule has 1 aromatic heterocycles. The number of aromatic nitrogens is 2. The van der Waals surface area contributed by atoms with Crippen LogP contribution in [0, 0.1) is 10.1 Å². The molecule has 0 saturated carbocycles. The maximum Gasteiger partial charge on any atom is 0.283 e. The summed E-state index contributed by atoms with van der Waals surface area (Å²) in [5, 5.41) is 11.5. The van der Waals surface area contributed by atoms with Gasteiger partial charge in [-0.2, -0.15) is 0 Å². The van der Waals surface area contributed by atoms with Crippen molar-refractivity contribution < 1.29 is 9.72 Å². The summed E-state index contributed by atoms with van der Waals surface area (Å²) in [6.07, 6.45) is 1.57. The zero-order valence-electron chi connectivity index (χ0n) is 13.7. The number of amides is 1. The van der Waals surface area contributed by atoms with Gasteiger partial charge in [-0.3, -0.25) is 14.9 Å². The van der Waals surface area contributed by atoms with E-state index in [1.54, 1.807) is 4.90 Å². The number of imidazole rings is 1. The molecule has 0 aliphatic carbocycles. The largest absolute Gasteiger partial charge is 0.340 e. The van der Waals surface area contributed by atoms with E-state index in [1.807, 2.05) is 24.3 Å². The van der Waals surface area contributed by atoms with Crippen LogP contribution in [0.4, 0.5) is 5.69 Å². The summed E-state index contributed by atoms with van der Waals surface area (Å²) in [6, 6.07) is 11.5. The Morgan fingerprint density at radius 3 is 2.88 bits per heavy atom. The van der Waals surface area contributed by atoms with Gasteiger partial charge in [0, 0.05) is 17.6 Å². The molecule has 3 aromatic rings. The molecule has 1 fully saturated rings. The van der Waals surface area contributed by atoms with Crippen LogP contribution in [0.1, 0.15) is 35.1 Å². The predicted octanol–water partition coefficient (Wildman–Crippen LogP) is 4.10. The number of para-hydroxylation sites is 2. The molecular weight excluding hydrogens is 356 g/mol. The number of hydrogen-bond acceptors (Lipinski definition) is 4. The molecule has 1 N–H and O–H groups in total. The molecule has 0 spiro atoms. The van der Waals surface area contributed by atoms with Gasteiger partial charge >= 0.3 is 0 Å². The summed E-state index contributed by atoms with van der Waals surface area (Å²) in [6.45, 7) is 0.528. The number of halogens is 1. The lowest BCUT2D eigenvalue weighted by Gasteiger charge is -2.23. The summed E-state index contributed by atoms with van der Waals surface area (Å²) < 4.78 is 0. The number of fused-ring (bicyclic) bond motifs is 1. The third-order valence-electron chi connectivity index (χ3n) is 4.62. The Labute approximate surface area is 153 Å². The Hall–Kier alpha value is -2.93. The topological polar surface area (TPSA) is 92.1 Å². The van der Waals surface area contributed by atoms with E-state index in [0.29, 0.717) is 12.4 Å². The Bertz CT molecular complexity index is 984. The number of hydrogen-bond donors (Lipinski definition) is 1. The molecule has 8 heteroatoms. The number of nitro groups is 1. The smallest absolute Gasteiger partial charge is 0.283 e. The number of nitrogens with zero attached hydrogens (tertiary/aromatic N) is 3. The highest BCUT2D eigenvalue weighted by atomic mass is 35.5. The van der Waals surface area contributed by atoms with Crippen LogP contribution in [0.5, 0.6) is 0 Å². The van der Waals surface area contributed by atoms with Gasteiger partial charge in [0.25, 0.3) is 11.6 Å². The lowest BCUT2D eigenvalue weighted by molar-refractivity contribution is -0.385. The van der Waals surface area contributed by atoms with Crippen LogP contribution in [0.2, 0.25) is 5.02 Å². The maximum absolute atomic E-state index is 13.0. The molecule has 7 nitrogen and oxygen atoms in total. The first-order valence-corrected chi connectivity index (χ1v) is 8.62. The van der Waals surface area contributed by atoms with Gasteiger partial charge in [-0.15, -0.1) is 0 Å². The lowest BCUT2D eigenvalue weighted by atomic mass is 10.1. The Balaban J connectivity index is 1.70. The first-order chi connectivity index (χ1) is 12.5. The van der Waals surface area contributed by atoms with E-state index in [2.05, 4.69) is 9.97 Å². The maximum atomic E-state index is 13.0. The Morgan fingerprint density at radius 2 is 2.12 bits per heavy atom. The summed E-state index contributed by atoms with van der Waals surface area (Å²) in [5.41, 5.74) is 1.50. The van der Waals surface area contributed by atoms with Crippen LogP contribution < -0.4 is 0 Å². The van der Waals surface area contributed by atoms with Crippen LogP contribution in [-0.2, 0) is 0 Å². The van der Waals surface area contributed by atoms with E-state index in [0.717, 1.165) is 23.9 Å². The fourth-order valence-corrected chi connectivity index (χ4v) is 3.58. The zero-order chi connectivity index (χ0) is 18.3. The highest BCUT2D eigenvalue weighted by Gasteiger charge is 2.35. The van der Waals surface area contributed by atoms with Crippen LogP contribution in [0.15, 0.2) is 42.5 Å². The molecule has 1 saturated heterocycles. The van der Waals surface area contributed by atoms with Gasteiger partial charge in [0.15, 0.2) is 0 Å². The summed E-state index contributed by atoms with van der Waals surface area (Å²) in [5.74, 6) is 0.324. The monoisotopic (exact) mass is 370 g/mol.